The van der Waals surface area contributed by atoms with Gasteiger partial charge in [0.15, 0.2) is 11.5 Å². The number of hydrogen-bond donors (Lipinski definition) is 6. The summed E-state index contributed by atoms with van der Waals surface area (Å²) in [6.07, 6.45) is 4.90. The van der Waals surface area contributed by atoms with E-state index < -0.39 is 5.91 Å². The molecule has 0 aliphatic carbocycles. The lowest BCUT2D eigenvalue weighted by molar-refractivity contribution is -0.129. The van der Waals surface area contributed by atoms with Crippen LogP contribution < -0.4 is 32.7 Å². The molecule has 0 bridgehead atoms. The Kier molecular flexibility index (Phi) is 14.6. The van der Waals surface area contributed by atoms with Crippen LogP contribution >= 0.6 is 0 Å². The van der Waals surface area contributed by atoms with Gasteiger partial charge in [-0.3, -0.25) is 23.9 Å². The second-order valence-corrected chi connectivity index (χ2v) is 12.4. The molecule has 1 saturated heterocycles. The number of hydrogen-bond acceptors (Lipinski definition) is 11. The summed E-state index contributed by atoms with van der Waals surface area (Å²) in [5.74, 6) is 5.24. The number of carbonyl (C=O) groups is 2. The number of H-pyrrole nitrogens is 1. The first-order valence-corrected chi connectivity index (χ1v) is 16.9. The molecule has 15 nitrogen and oxygen atoms in total. The highest BCUT2D eigenvalue weighted by atomic mass is 16.6. The minimum atomic E-state index is -0.428. The van der Waals surface area contributed by atoms with Crippen LogP contribution in [-0.2, 0) is 27.5 Å². The van der Waals surface area contributed by atoms with Crippen LogP contribution in [0.5, 0.6) is 11.8 Å². The number of phenolic OH excluding ortho intramolecular Hbond substituents is 1. The lowest BCUT2D eigenvalue weighted by Crippen LogP contribution is -2.40. The van der Waals surface area contributed by atoms with Crippen LogP contribution in [0.3, 0.4) is 0 Å². The zero-order chi connectivity index (χ0) is 35.9. The number of imidazole rings is 1. The van der Waals surface area contributed by atoms with Gasteiger partial charge >= 0.3 is 11.7 Å². The number of phenols is 1. The zero-order valence-electron chi connectivity index (χ0n) is 28.8. The average Bonchev–Trinajstić information content (AvgIpc) is 3.42. The molecule has 3 heterocycles. The van der Waals surface area contributed by atoms with E-state index in [-0.39, 0.29) is 36.6 Å². The Balaban J connectivity index is 0.000000616. The standard InChI is InChI=1S/C28H41N9O5.C7H8O/c1-2-3-14-41-27-34-25(29)24-26(35-27)37(28(40)33-24)17-21-6-4-20(5-7-21)16-36-12-9-19(10-13-36)8-11-31-22(38)15-32-23(39)18-42-30;1-6-2-4-7(8)5-3-6/h4-7,19H,2-3,8-18,30H2,1H3,(H,31,38)(H,32,39)(H,33,40)(H2,29,34,35);2-5,8H,1H3. The number of nitrogens with one attached hydrogen (secondary N) is 3. The van der Waals surface area contributed by atoms with Crippen molar-refractivity contribution < 1.29 is 24.3 Å². The highest BCUT2D eigenvalue weighted by molar-refractivity contribution is 5.85. The number of benzene rings is 2. The Labute approximate surface area is 291 Å². The highest BCUT2D eigenvalue weighted by Gasteiger charge is 2.20. The molecule has 50 heavy (non-hydrogen) atoms. The summed E-state index contributed by atoms with van der Waals surface area (Å²) in [5.41, 5.74) is 9.95. The number of fused-ring (bicyclic) bond motifs is 1. The van der Waals surface area contributed by atoms with Crippen molar-refractivity contribution in [3.8, 4) is 11.8 Å². The molecule has 0 atom stereocenters. The van der Waals surface area contributed by atoms with Crippen LogP contribution in [-0.4, -0.2) is 80.7 Å². The van der Waals surface area contributed by atoms with Gasteiger partial charge in [0.05, 0.1) is 19.7 Å². The van der Waals surface area contributed by atoms with Gasteiger partial charge in [-0.05, 0) is 74.9 Å². The summed E-state index contributed by atoms with van der Waals surface area (Å²) < 4.78 is 7.17. The number of aryl methyl sites for hydroxylation is 1. The van der Waals surface area contributed by atoms with E-state index in [1.165, 1.54) is 11.1 Å². The minimum absolute atomic E-state index is 0.0873. The summed E-state index contributed by atoms with van der Waals surface area (Å²) in [6.45, 7) is 7.95. The van der Waals surface area contributed by atoms with Gasteiger partial charge in [0.25, 0.3) is 0 Å². The Hall–Kier alpha value is -4.99. The molecule has 0 saturated carbocycles. The second kappa shape index (κ2) is 19.3. The van der Waals surface area contributed by atoms with Crippen molar-refractivity contribution in [3.05, 3.63) is 75.7 Å². The van der Waals surface area contributed by atoms with E-state index in [0.717, 1.165) is 57.3 Å². The molecule has 0 unspecified atom stereocenters. The summed E-state index contributed by atoms with van der Waals surface area (Å²) in [4.78, 5) is 53.9. The van der Waals surface area contributed by atoms with Gasteiger partial charge in [-0.2, -0.15) is 9.97 Å². The third-order valence-electron chi connectivity index (χ3n) is 8.41. The number of nitrogens with zero attached hydrogens (tertiary/aromatic N) is 4. The van der Waals surface area contributed by atoms with Crippen LogP contribution in [0.15, 0.2) is 53.3 Å². The number of ether oxygens (including phenoxy) is 1. The molecule has 2 aromatic carbocycles. The maximum absolute atomic E-state index is 12.7. The second-order valence-electron chi connectivity index (χ2n) is 12.4. The van der Waals surface area contributed by atoms with E-state index in [1.807, 2.05) is 31.2 Å². The molecule has 2 aromatic heterocycles. The monoisotopic (exact) mass is 691 g/mol. The molecule has 0 spiro atoms. The largest absolute Gasteiger partial charge is 0.508 e. The fourth-order valence-electron chi connectivity index (χ4n) is 5.50. The molecule has 4 aromatic rings. The lowest BCUT2D eigenvalue weighted by atomic mass is 9.93. The third kappa shape index (κ3) is 11.9. The molecule has 1 fully saturated rings. The number of aromatic hydroxyl groups is 1. The quantitative estimate of drug-likeness (QED) is 0.0786. The average molecular weight is 692 g/mol. The Bertz CT molecular complexity index is 1690. The molecule has 1 aliphatic rings. The Morgan fingerprint density at radius 3 is 2.32 bits per heavy atom. The smallest absolute Gasteiger partial charge is 0.328 e. The summed E-state index contributed by atoms with van der Waals surface area (Å²) in [7, 11) is 0. The number of carbonyl (C=O) groups excluding carboxylic acids is 2. The van der Waals surface area contributed by atoms with Gasteiger partial charge in [0.2, 0.25) is 11.8 Å². The molecule has 0 radical (unpaired) electrons. The predicted octanol–water partition coefficient (Wildman–Crippen LogP) is 2.35. The SMILES string of the molecule is CCCCOc1nc(N)c2[nH]c(=O)n(Cc3ccc(CN4CCC(CCNC(=O)CNC(=O)CON)CC4)cc3)c2n1.Cc1ccc(O)cc1. The predicted molar refractivity (Wildman–Crippen MR) is 190 cm³/mol. The molecule has 5 rings (SSSR count). The minimum Gasteiger partial charge on any atom is -0.508 e. The van der Waals surface area contributed by atoms with Crippen molar-refractivity contribution in [1.82, 2.24) is 35.1 Å². The molecule has 8 N–H and O–H groups in total. The van der Waals surface area contributed by atoms with Gasteiger partial charge < -0.3 is 31.2 Å². The number of rotatable bonds is 15. The van der Waals surface area contributed by atoms with Crippen molar-refractivity contribution in [1.29, 1.82) is 0 Å². The number of likely N-dealkylation sites (tertiary alicyclic amines) is 1. The molecule has 15 heteroatoms. The molecule has 2 amide bonds. The van der Waals surface area contributed by atoms with E-state index in [1.54, 1.807) is 16.7 Å². The van der Waals surface area contributed by atoms with Crippen molar-refractivity contribution in [2.24, 2.45) is 11.8 Å². The Morgan fingerprint density at radius 2 is 1.68 bits per heavy atom. The van der Waals surface area contributed by atoms with Crippen LogP contribution in [0.4, 0.5) is 5.82 Å². The summed E-state index contributed by atoms with van der Waals surface area (Å²) in [5, 5.41) is 14.0. The van der Waals surface area contributed by atoms with E-state index >= 15 is 0 Å². The van der Waals surface area contributed by atoms with Crippen LogP contribution in [0, 0.1) is 12.8 Å². The van der Waals surface area contributed by atoms with Gasteiger partial charge in [-0.15, -0.1) is 0 Å². The van der Waals surface area contributed by atoms with Crippen molar-refractivity contribution in [3.63, 3.8) is 0 Å². The highest BCUT2D eigenvalue weighted by Crippen LogP contribution is 2.22. The number of aromatic amines is 1. The van der Waals surface area contributed by atoms with E-state index in [0.29, 0.717) is 42.5 Å². The van der Waals surface area contributed by atoms with Gasteiger partial charge in [-0.25, -0.2) is 10.7 Å². The van der Waals surface area contributed by atoms with Gasteiger partial charge in [0.1, 0.15) is 17.9 Å². The number of anilines is 1. The zero-order valence-corrected chi connectivity index (χ0v) is 28.8. The topological polar surface area (TPSA) is 216 Å². The number of unbranched alkanes of at least 4 members (excludes halogenated alkanes) is 1. The summed E-state index contributed by atoms with van der Waals surface area (Å²) in [6, 6.07) is 15.5. The van der Waals surface area contributed by atoms with Crippen LogP contribution in [0.1, 0.15) is 55.7 Å². The number of amides is 2. The fraction of sp³-hybridized carbons (Fsp3) is 0.457. The maximum Gasteiger partial charge on any atom is 0.328 e. The molecular weight excluding hydrogens is 642 g/mol. The third-order valence-corrected chi connectivity index (χ3v) is 8.41. The molecular formula is C35H49N9O6. The van der Waals surface area contributed by atoms with E-state index in [4.69, 9.17) is 21.5 Å². The van der Waals surface area contributed by atoms with Crippen molar-refractivity contribution in [2.45, 2.75) is 59.0 Å². The lowest BCUT2D eigenvalue weighted by Gasteiger charge is -2.32. The van der Waals surface area contributed by atoms with Crippen LogP contribution in [0.2, 0.25) is 0 Å². The van der Waals surface area contributed by atoms with E-state index in [2.05, 4.69) is 54.4 Å². The molecule has 270 valence electrons. The van der Waals surface area contributed by atoms with Gasteiger partial charge in [0, 0.05) is 13.1 Å². The number of piperidine rings is 1. The normalized spacial score (nSPS) is 13.4. The first-order chi connectivity index (χ1) is 24.1. The maximum atomic E-state index is 12.7. The van der Waals surface area contributed by atoms with E-state index in [9.17, 15) is 14.4 Å². The van der Waals surface area contributed by atoms with Gasteiger partial charge in [-0.1, -0.05) is 55.3 Å². The first-order valence-electron chi connectivity index (χ1n) is 16.9. The fourth-order valence-corrected chi connectivity index (χ4v) is 5.50. The number of aromatic nitrogens is 4. The Morgan fingerprint density at radius 1 is 1.00 bits per heavy atom. The number of nitrogen functional groups attached to an aromatic ring is 1. The van der Waals surface area contributed by atoms with Crippen molar-refractivity contribution in [2.75, 3.05) is 45.1 Å². The summed E-state index contributed by atoms with van der Waals surface area (Å²) >= 11 is 0. The van der Waals surface area contributed by atoms with Crippen molar-refractivity contribution >= 4 is 28.8 Å². The van der Waals surface area contributed by atoms with Crippen LogP contribution in [0.25, 0.3) is 11.2 Å². The first kappa shape index (κ1) is 37.8. The molecule has 1 aliphatic heterocycles. The number of nitrogens with two attached hydrogens (primary N) is 2.